The van der Waals surface area contributed by atoms with Crippen LogP contribution in [0.1, 0.15) is 19.9 Å². The Morgan fingerprint density at radius 1 is 1.54 bits per heavy atom. The fourth-order valence-electron chi connectivity index (χ4n) is 1.40. The Morgan fingerprint density at radius 2 is 2.31 bits per heavy atom. The van der Waals surface area contributed by atoms with Crippen LogP contribution in [0, 0.1) is 0 Å². The number of aromatic amines is 1. The van der Waals surface area contributed by atoms with Crippen LogP contribution in [0.2, 0.25) is 0 Å². The van der Waals surface area contributed by atoms with E-state index in [0.717, 1.165) is 5.39 Å². The van der Waals surface area contributed by atoms with Gasteiger partial charge in [0.05, 0.1) is 6.20 Å². The zero-order valence-corrected chi connectivity index (χ0v) is 7.61. The van der Waals surface area contributed by atoms with Gasteiger partial charge in [-0.2, -0.15) is 5.10 Å². The molecule has 0 unspecified atom stereocenters. The van der Waals surface area contributed by atoms with Crippen molar-refractivity contribution in [2.24, 2.45) is 0 Å². The average Bonchev–Trinajstić information content (AvgIpc) is 2.49. The van der Waals surface area contributed by atoms with E-state index in [4.69, 9.17) is 0 Å². The molecule has 0 radical (unpaired) electrons. The molecule has 0 aromatic carbocycles. The first-order chi connectivity index (χ1) is 6.20. The van der Waals surface area contributed by atoms with Gasteiger partial charge >= 0.3 is 0 Å². The first-order valence-corrected chi connectivity index (χ1v) is 4.25. The van der Waals surface area contributed by atoms with Crippen LogP contribution in [0.25, 0.3) is 10.9 Å². The monoisotopic (exact) mass is 177 g/mol. The van der Waals surface area contributed by atoms with Crippen molar-refractivity contribution in [1.82, 2.24) is 14.8 Å². The summed E-state index contributed by atoms with van der Waals surface area (Å²) < 4.78 is 1.73. The zero-order chi connectivity index (χ0) is 9.42. The van der Waals surface area contributed by atoms with Crippen molar-refractivity contribution in [1.29, 1.82) is 0 Å². The van der Waals surface area contributed by atoms with Gasteiger partial charge in [0, 0.05) is 17.6 Å². The van der Waals surface area contributed by atoms with Crippen LogP contribution in [-0.4, -0.2) is 14.8 Å². The van der Waals surface area contributed by atoms with E-state index in [2.05, 4.69) is 10.1 Å². The van der Waals surface area contributed by atoms with Gasteiger partial charge in [0.15, 0.2) is 0 Å². The molecule has 2 aromatic rings. The molecule has 0 saturated heterocycles. The molecule has 0 aliphatic carbocycles. The quantitative estimate of drug-likeness (QED) is 0.713. The summed E-state index contributed by atoms with van der Waals surface area (Å²) in [6, 6.07) is 2.06. The highest BCUT2D eigenvalue weighted by Gasteiger charge is 2.07. The molecule has 0 aliphatic heterocycles. The molecular weight excluding hydrogens is 166 g/mol. The molecule has 2 rings (SSSR count). The molecule has 2 heterocycles. The lowest BCUT2D eigenvalue weighted by molar-refractivity contribution is 0.549. The van der Waals surface area contributed by atoms with Gasteiger partial charge in [-0.3, -0.25) is 9.48 Å². The molecule has 68 valence electrons. The number of aromatic nitrogens is 3. The van der Waals surface area contributed by atoms with Gasteiger partial charge in [-0.15, -0.1) is 0 Å². The highest BCUT2D eigenvalue weighted by molar-refractivity contribution is 5.77. The van der Waals surface area contributed by atoms with E-state index >= 15 is 0 Å². The van der Waals surface area contributed by atoms with Gasteiger partial charge in [0.2, 0.25) is 0 Å². The van der Waals surface area contributed by atoms with Crippen molar-refractivity contribution in [3.63, 3.8) is 0 Å². The maximum Gasteiger partial charge on any atom is 0.274 e. The maximum absolute atomic E-state index is 11.4. The largest absolute Gasteiger partial charge is 0.327 e. The van der Waals surface area contributed by atoms with Crippen LogP contribution in [0.5, 0.6) is 0 Å². The Hall–Kier alpha value is -1.58. The number of nitrogens with one attached hydrogen (secondary N) is 1. The number of nitrogens with zero attached hydrogens (tertiary/aromatic N) is 2. The molecule has 2 aromatic heterocycles. The van der Waals surface area contributed by atoms with Crippen LogP contribution >= 0.6 is 0 Å². The van der Waals surface area contributed by atoms with Gasteiger partial charge in [-0.25, -0.2) is 0 Å². The van der Waals surface area contributed by atoms with E-state index < -0.39 is 0 Å². The summed E-state index contributed by atoms with van der Waals surface area (Å²) in [6.07, 6.45) is 3.35. The summed E-state index contributed by atoms with van der Waals surface area (Å²) in [5.41, 5.74) is 0.571. The Balaban J connectivity index is 2.87. The lowest BCUT2D eigenvalue weighted by Gasteiger charge is -2.05. The third-order valence-electron chi connectivity index (χ3n) is 2.01. The number of hydrogen-bond acceptors (Lipinski definition) is 2. The van der Waals surface area contributed by atoms with Crippen LogP contribution in [0.4, 0.5) is 0 Å². The standard InChI is InChI=1S/C9H11N3O/c1-6(2)12-8-7(5-11-12)3-4-10-9(8)13/h3-6H,1-2H3,(H,10,13). The molecule has 0 amide bonds. The number of fused-ring (bicyclic) bond motifs is 1. The van der Waals surface area contributed by atoms with Gasteiger partial charge in [-0.05, 0) is 19.9 Å². The highest BCUT2D eigenvalue weighted by atomic mass is 16.1. The predicted molar refractivity (Wildman–Crippen MR) is 50.7 cm³/mol. The SMILES string of the molecule is CC(C)n1ncc2cc[nH]c(=O)c21. The zero-order valence-electron chi connectivity index (χ0n) is 7.61. The number of pyridine rings is 1. The summed E-state index contributed by atoms with van der Waals surface area (Å²) in [7, 11) is 0. The van der Waals surface area contributed by atoms with Crippen LogP contribution in [0.3, 0.4) is 0 Å². The number of hydrogen-bond donors (Lipinski definition) is 1. The highest BCUT2D eigenvalue weighted by Crippen LogP contribution is 2.12. The van der Waals surface area contributed by atoms with Crippen molar-refractivity contribution in [3.8, 4) is 0 Å². The first-order valence-electron chi connectivity index (χ1n) is 4.25. The Morgan fingerprint density at radius 3 is 3.00 bits per heavy atom. The van der Waals surface area contributed by atoms with Crippen molar-refractivity contribution in [2.75, 3.05) is 0 Å². The van der Waals surface area contributed by atoms with E-state index in [-0.39, 0.29) is 11.6 Å². The lowest BCUT2D eigenvalue weighted by atomic mass is 10.3. The Bertz CT molecular complexity index is 481. The molecular formula is C9H11N3O. The molecule has 0 spiro atoms. The van der Waals surface area contributed by atoms with Crippen LogP contribution in [0.15, 0.2) is 23.3 Å². The molecule has 1 N–H and O–H groups in total. The second-order valence-corrected chi connectivity index (χ2v) is 3.29. The van der Waals surface area contributed by atoms with Gasteiger partial charge in [0.1, 0.15) is 5.52 Å². The first kappa shape index (κ1) is 8.04. The summed E-state index contributed by atoms with van der Waals surface area (Å²) in [5.74, 6) is 0. The number of H-pyrrole nitrogens is 1. The minimum absolute atomic E-state index is 0.0799. The molecule has 0 saturated carbocycles. The fraction of sp³-hybridized carbons (Fsp3) is 0.333. The summed E-state index contributed by atoms with van der Waals surface area (Å²) in [4.78, 5) is 14.1. The van der Waals surface area contributed by atoms with E-state index in [1.807, 2.05) is 19.9 Å². The Kier molecular flexibility index (Phi) is 1.69. The second-order valence-electron chi connectivity index (χ2n) is 3.29. The lowest BCUT2D eigenvalue weighted by Crippen LogP contribution is -2.12. The molecule has 13 heavy (non-hydrogen) atoms. The van der Waals surface area contributed by atoms with Crippen LogP contribution < -0.4 is 5.56 Å². The van der Waals surface area contributed by atoms with Crippen LogP contribution in [-0.2, 0) is 0 Å². The summed E-state index contributed by atoms with van der Waals surface area (Å²) >= 11 is 0. The van der Waals surface area contributed by atoms with E-state index in [1.54, 1.807) is 17.1 Å². The Labute approximate surface area is 75.2 Å². The van der Waals surface area contributed by atoms with Crippen molar-refractivity contribution >= 4 is 10.9 Å². The van der Waals surface area contributed by atoms with Crippen molar-refractivity contribution < 1.29 is 0 Å². The van der Waals surface area contributed by atoms with Crippen molar-refractivity contribution in [3.05, 3.63) is 28.8 Å². The topological polar surface area (TPSA) is 50.7 Å². The molecule has 0 fully saturated rings. The third-order valence-corrected chi connectivity index (χ3v) is 2.01. The van der Waals surface area contributed by atoms with E-state index in [1.165, 1.54) is 0 Å². The molecule has 4 nitrogen and oxygen atoms in total. The van der Waals surface area contributed by atoms with Gasteiger partial charge in [0.25, 0.3) is 5.56 Å². The van der Waals surface area contributed by atoms with Gasteiger partial charge < -0.3 is 4.98 Å². The predicted octanol–water partition coefficient (Wildman–Crippen LogP) is 1.31. The molecule has 0 aliphatic rings. The van der Waals surface area contributed by atoms with Crippen molar-refractivity contribution in [2.45, 2.75) is 19.9 Å². The summed E-state index contributed by atoms with van der Waals surface area (Å²) in [5, 5.41) is 5.04. The average molecular weight is 177 g/mol. The minimum Gasteiger partial charge on any atom is -0.327 e. The third kappa shape index (κ3) is 1.14. The normalized spacial score (nSPS) is 11.3. The maximum atomic E-state index is 11.4. The molecule has 4 heteroatoms. The fourth-order valence-corrected chi connectivity index (χ4v) is 1.40. The minimum atomic E-state index is -0.0799. The smallest absolute Gasteiger partial charge is 0.274 e. The van der Waals surface area contributed by atoms with E-state index in [0.29, 0.717) is 5.52 Å². The molecule has 0 bridgehead atoms. The number of rotatable bonds is 1. The van der Waals surface area contributed by atoms with E-state index in [9.17, 15) is 4.79 Å². The molecule has 0 atom stereocenters. The second kappa shape index (κ2) is 2.73. The van der Waals surface area contributed by atoms with Gasteiger partial charge in [-0.1, -0.05) is 0 Å². The summed E-state index contributed by atoms with van der Waals surface area (Å²) in [6.45, 7) is 4.00.